The molecule has 7 heteroatoms. The largest absolute Gasteiger partial charge is 0.488 e. The van der Waals surface area contributed by atoms with Crippen molar-refractivity contribution in [3.8, 4) is 22.6 Å². The fourth-order valence-electron chi connectivity index (χ4n) is 3.45. The molecule has 0 spiro atoms. The Labute approximate surface area is 208 Å². The molecule has 1 amide bonds. The number of nitrogens with zero attached hydrogens (tertiary/aromatic N) is 1. The molecule has 0 atom stereocenters. The first kappa shape index (κ1) is 24.2. The molecule has 36 heavy (non-hydrogen) atoms. The Morgan fingerprint density at radius 1 is 0.778 bits per heavy atom. The number of ether oxygens (including phenoxy) is 2. The van der Waals surface area contributed by atoms with E-state index >= 15 is 0 Å². The summed E-state index contributed by atoms with van der Waals surface area (Å²) in [6.45, 7) is -0.109. The fraction of sp³-hybridized carbons (Fsp3) is 0.0690. The van der Waals surface area contributed by atoms with Crippen LogP contribution in [0.25, 0.3) is 11.1 Å². The Balaban J connectivity index is 1.34. The summed E-state index contributed by atoms with van der Waals surface area (Å²) < 4.78 is 11.3. The molecule has 0 saturated heterocycles. The van der Waals surface area contributed by atoms with Crippen molar-refractivity contribution in [3.05, 3.63) is 120 Å². The van der Waals surface area contributed by atoms with Crippen LogP contribution in [0.15, 0.2) is 108 Å². The average molecular weight is 481 g/mol. The normalized spacial score (nSPS) is 10.7. The Kier molecular flexibility index (Phi) is 8.07. The van der Waals surface area contributed by atoms with Crippen molar-refractivity contribution in [2.45, 2.75) is 6.61 Å². The summed E-state index contributed by atoms with van der Waals surface area (Å²) in [4.78, 5) is 23.2. The number of nitrogens with one attached hydrogen (secondary N) is 1. The van der Waals surface area contributed by atoms with Crippen LogP contribution in [0.1, 0.15) is 21.5 Å². The highest BCUT2D eigenvalue weighted by Gasteiger charge is 2.08. The number of benzene rings is 4. The minimum atomic E-state index is -1.08. The number of carbonyl (C=O) groups excluding carboxylic acids is 1. The van der Waals surface area contributed by atoms with E-state index in [9.17, 15) is 9.59 Å². The Morgan fingerprint density at radius 3 is 2.19 bits per heavy atom. The maximum atomic E-state index is 12.5. The van der Waals surface area contributed by atoms with Gasteiger partial charge in [0, 0.05) is 16.7 Å². The Hall–Kier alpha value is -4.91. The van der Waals surface area contributed by atoms with E-state index in [4.69, 9.17) is 14.6 Å². The lowest BCUT2D eigenvalue weighted by Gasteiger charge is -2.12. The zero-order valence-electron chi connectivity index (χ0n) is 19.3. The quantitative estimate of drug-likeness (QED) is 0.241. The van der Waals surface area contributed by atoms with E-state index in [0.29, 0.717) is 23.5 Å². The molecule has 7 nitrogen and oxygen atoms in total. The molecule has 0 aliphatic heterocycles. The van der Waals surface area contributed by atoms with Gasteiger partial charge in [-0.1, -0.05) is 72.8 Å². The van der Waals surface area contributed by atoms with Gasteiger partial charge in [0.1, 0.15) is 18.1 Å². The van der Waals surface area contributed by atoms with Crippen molar-refractivity contribution in [2.24, 2.45) is 5.10 Å². The Morgan fingerprint density at radius 2 is 1.44 bits per heavy atom. The van der Waals surface area contributed by atoms with E-state index in [1.165, 1.54) is 6.21 Å². The number of rotatable bonds is 10. The van der Waals surface area contributed by atoms with E-state index in [1.54, 1.807) is 36.4 Å². The predicted octanol–water partition coefficient (Wildman–Crippen LogP) is 5.16. The second kappa shape index (κ2) is 12.0. The van der Waals surface area contributed by atoms with E-state index in [-0.39, 0.29) is 5.91 Å². The van der Waals surface area contributed by atoms with Crippen LogP contribution >= 0.6 is 0 Å². The van der Waals surface area contributed by atoms with Crippen LogP contribution in [0.2, 0.25) is 0 Å². The highest BCUT2D eigenvalue weighted by atomic mass is 16.5. The van der Waals surface area contributed by atoms with Crippen molar-refractivity contribution in [2.75, 3.05) is 6.61 Å². The zero-order chi connectivity index (χ0) is 25.2. The first-order chi connectivity index (χ1) is 17.6. The molecule has 0 unspecified atom stereocenters. The standard InChI is InChI=1S/C29H24N2O5/c32-28(33)20-36-26-12-6-4-10-24(26)18-30-31-29(34)23-16-14-21(15-17-23)19-35-27-13-7-5-11-25(27)22-8-2-1-3-9-22/h1-18H,19-20H2,(H,31,34)(H,32,33)/b30-18+. The summed E-state index contributed by atoms with van der Waals surface area (Å²) in [5.41, 5.74) is 6.47. The molecule has 4 rings (SSSR count). The highest BCUT2D eigenvalue weighted by molar-refractivity contribution is 5.95. The fourth-order valence-corrected chi connectivity index (χ4v) is 3.45. The minimum Gasteiger partial charge on any atom is -0.488 e. The summed E-state index contributed by atoms with van der Waals surface area (Å²) in [5.74, 6) is -0.315. The van der Waals surface area contributed by atoms with Crippen LogP contribution in [0.4, 0.5) is 0 Å². The number of hydrogen-bond acceptors (Lipinski definition) is 5. The third-order valence-electron chi connectivity index (χ3n) is 5.22. The predicted molar refractivity (Wildman–Crippen MR) is 137 cm³/mol. The van der Waals surface area contributed by atoms with Gasteiger partial charge in [-0.3, -0.25) is 4.79 Å². The van der Waals surface area contributed by atoms with Gasteiger partial charge < -0.3 is 14.6 Å². The number of amides is 1. The molecule has 0 saturated carbocycles. The van der Waals surface area contributed by atoms with Crippen molar-refractivity contribution < 1.29 is 24.2 Å². The minimum absolute atomic E-state index is 0.357. The lowest BCUT2D eigenvalue weighted by Crippen LogP contribution is -2.17. The lowest BCUT2D eigenvalue weighted by molar-refractivity contribution is -0.139. The molecule has 180 valence electrons. The van der Waals surface area contributed by atoms with Gasteiger partial charge in [-0.15, -0.1) is 0 Å². The molecular weight excluding hydrogens is 456 g/mol. The van der Waals surface area contributed by atoms with Gasteiger partial charge in [-0.25, -0.2) is 10.2 Å². The van der Waals surface area contributed by atoms with E-state index in [2.05, 4.69) is 10.5 Å². The van der Waals surface area contributed by atoms with Crippen molar-refractivity contribution in [1.29, 1.82) is 0 Å². The lowest BCUT2D eigenvalue weighted by atomic mass is 10.0. The topological polar surface area (TPSA) is 97.2 Å². The second-order valence-electron chi connectivity index (χ2n) is 7.77. The van der Waals surface area contributed by atoms with Crippen LogP contribution in [0.5, 0.6) is 11.5 Å². The van der Waals surface area contributed by atoms with Gasteiger partial charge >= 0.3 is 5.97 Å². The molecule has 0 aliphatic carbocycles. The van der Waals surface area contributed by atoms with Crippen LogP contribution in [0.3, 0.4) is 0 Å². The average Bonchev–Trinajstić information content (AvgIpc) is 2.92. The van der Waals surface area contributed by atoms with E-state index < -0.39 is 12.6 Å². The van der Waals surface area contributed by atoms with Gasteiger partial charge in [0.15, 0.2) is 6.61 Å². The number of aliphatic carboxylic acids is 1. The van der Waals surface area contributed by atoms with Gasteiger partial charge in [0.2, 0.25) is 0 Å². The monoisotopic (exact) mass is 480 g/mol. The van der Waals surface area contributed by atoms with E-state index in [1.807, 2.05) is 66.7 Å². The van der Waals surface area contributed by atoms with Crippen LogP contribution in [0, 0.1) is 0 Å². The van der Waals surface area contributed by atoms with Gasteiger partial charge in [0.25, 0.3) is 5.91 Å². The molecule has 0 fully saturated rings. The van der Waals surface area contributed by atoms with Crippen LogP contribution in [-0.4, -0.2) is 29.8 Å². The number of carbonyl (C=O) groups is 2. The second-order valence-corrected chi connectivity index (χ2v) is 7.77. The molecule has 4 aromatic carbocycles. The molecule has 0 aromatic heterocycles. The molecule has 0 radical (unpaired) electrons. The highest BCUT2D eigenvalue weighted by Crippen LogP contribution is 2.30. The molecule has 4 aromatic rings. The molecule has 0 bridgehead atoms. The maximum absolute atomic E-state index is 12.5. The number of hydrogen-bond donors (Lipinski definition) is 2. The summed E-state index contributed by atoms with van der Waals surface area (Å²) in [7, 11) is 0. The molecular formula is C29H24N2O5. The molecule has 0 heterocycles. The number of carboxylic acid groups (broad SMARTS) is 1. The first-order valence-corrected chi connectivity index (χ1v) is 11.2. The summed E-state index contributed by atoms with van der Waals surface area (Å²) >= 11 is 0. The molecule has 0 aliphatic rings. The van der Waals surface area contributed by atoms with Crippen LogP contribution in [-0.2, 0) is 11.4 Å². The van der Waals surface area contributed by atoms with Crippen LogP contribution < -0.4 is 14.9 Å². The maximum Gasteiger partial charge on any atom is 0.341 e. The third kappa shape index (κ3) is 6.57. The number of carboxylic acids is 1. The summed E-state index contributed by atoms with van der Waals surface area (Å²) in [6.07, 6.45) is 1.40. The summed E-state index contributed by atoms with van der Waals surface area (Å²) in [5, 5.41) is 12.8. The van der Waals surface area contributed by atoms with Gasteiger partial charge in [0.05, 0.1) is 6.21 Å². The number of hydrazone groups is 1. The van der Waals surface area contributed by atoms with E-state index in [0.717, 1.165) is 22.4 Å². The zero-order valence-corrected chi connectivity index (χ0v) is 19.3. The van der Waals surface area contributed by atoms with Crippen molar-refractivity contribution in [1.82, 2.24) is 5.43 Å². The smallest absolute Gasteiger partial charge is 0.341 e. The number of para-hydroxylation sites is 2. The SMILES string of the molecule is O=C(O)COc1ccccc1/C=N/NC(=O)c1ccc(COc2ccccc2-c2ccccc2)cc1. The molecule has 2 N–H and O–H groups in total. The van der Waals surface area contributed by atoms with Crippen molar-refractivity contribution in [3.63, 3.8) is 0 Å². The van der Waals surface area contributed by atoms with Gasteiger partial charge in [-0.05, 0) is 41.5 Å². The van der Waals surface area contributed by atoms with Gasteiger partial charge in [-0.2, -0.15) is 5.10 Å². The summed E-state index contributed by atoms with van der Waals surface area (Å²) in [6, 6.07) is 31.8. The third-order valence-corrected chi connectivity index (χ3v) is 5.22. The first-order valence-electron chi connectivity index (χ1n) is 11.2. The van der Waals surface area contributed by atoms with Crippen molar-refractivity contribution >= 4 is 18.1 Å². The Bertz CT molecular complexity index is 1350.